The van der Waals surface area contributed by atoms with Crippen molar-refractivity contribution in [3.8, 4) is 17.3 Å². The van der Waals surface area contributed by atoms with Crippen LogP contribution in [0.3, 0.4) is 0 Å². The number of aromatic nitrogens is 2. The van der Waals surface area contributed by atoms with Gasteiger partial charge >= 0.3 is 0 Å². The van der Waals surface area contributed by atoms with E-state index in [0.717, 1.165) is 11.3 Å². The lowest BCUT2D eigenvalue weighted by Gasteiger charge is -1.96. The second kappa shape index (κ2) is 3.84. The van der Waals surface area contributed by atoms with Crippen LogP contribution in [0.15, 0.2) is 41.2 Å². The molecule has 0 saturated heterocycles. The highest BCUT2D eigenvalue weighted by Crippen LogP contribution is 2.13. The van der Waals surface area contributed by atoms with Crippen LogP contribution in [-0.4, -0.2) is 9.78 Å². The van der Waals surface area contributed by atoms with Gasteiger partial charge in [0.15, 0.2) is 0 Å². The van der Waals surface area contributed by atoms with E-state index in [9.17, 15) is 4.79 Å². The molecule has 0 amide bonds. The Morgan fingerprint density at radius 1 is 1.33 bits per heavy atom. The van der Waals surface area contributed by atoms with Crippen LogP contribution in [-0.2, 0) is 6.54 Å². The molecule has 0 radical (unpaired) electrons. The Morgan fingerprint density at radius 2 is 2.07 bits per heavy atom. The summed E-state index contributed by atoms with van der Waals surface area (Å²) in [4.78, 5) is 11.4. The molecule has 0 aliphatic carbocycles. The molecular formula is C11H9N3O. The molecule has 1 N–H and O–H groups in total. The van der Waals surface area contributed by atoms with Gasteiger partial charge in [0.05, 0.1) is 11.8 Å². The molecule has 2 rings (SSSR count). The topological polar surface area (TPSA) is 61.6 Å². The molecule has 1 heterocycles. The zero-order valence-corrected chi connectivity index (χ0v) is 7.97. The molecule has 15 heavy (non-hydrogen) atoms. The average Bonchev–Trinajstić information content (AvgIpc) is 2.63. The number of aromatic amines is 1. The van der Waals surface area contributed by atoms with Crippen LogP contribution in [0.4, 0.5) is 0 Å². The lowest BCUT2D eigenvalue weighted by Crippen LogP contribution is -2.14. The third-order valence-corrected chi connectivity index (χ3v) is 2.10. The first kappa shape index (κ1) is 9.28. The van der Waals surface area contributed by atoms with E-state index < -0.39 is 0 Å². The highest BCUT2D eigenvalue weighted by Gasteiger charge is 2.03. The Bertz CT molecular complexity index is 545. The maximum Gasteiger partial charge on any atom is 0.268 e. The lowest BCUT2D eigenvalue weighted by atomic mass is 10.2. The summed E-state index contributed by atoms with van der Waals surface area (Å²) in [5, 5.41) is 11.4. The van der Waals surface area contributed by atoms with Crippen molar-refractivity contribution in [2.75, 3.05) is 0 Å². The van der Waals surface area contributed by atoms with Gasteiger partial charge in [-0.2, -0.15) is 5.26 Å². The van der Waals surface area contributed by atoms with Crippen molar-refractivity contribution >= 4 is 0 Å². The minimum Gasteiger partial charge on any atom is -0.294 e. The molecule has 4 heteroatoms. The molecule has 0 fully saturated rings. The van der Waals surface area contributed by atoms with Gasteiger partial charge in [-0.15, -0.1) is 0 Å². The molecule has 0 unspecified atom stereocenters. The third kappa shape index (κ3) is 1.81. The van der Waals surface area contributed by atoms with Gasteiger partial charge in [-0.1, -0.05) is 30.3 Å². The van der Waals surface area contributed by atoms with Crippen molar-refractivity contribution in [2.45, 2.75) is 6.54 Å². The van der Waals surface area contributed by atoms with Gasteiger partial charge in [0, 0.05) is 6.07 Å². The summed E-state index contributed by atoms with van der Waals surface area (Å²) in [6, 6.07) is 12.9. The fourth-order valence-electron chi connectivity index (χ4n) is 1.39. The average molecular weight is 199 g/mol. The van der Waals surface area contributed by atoms with Crippen LogP contribution < -0.4 is 5.56 Å². The Hall–Kier alpha value is -2.28. The van der Waals surface area contributed by atoms with Crippen molar-refractivity contribution in [2.24, 2.45) is 0 Å². The summed E-state index contributed by atoms with van der Waals surface area (Å²) in [6.07, 6.45) is 0. The molecule has 0 aliphatic heterocycles. The number of hydrogen-bond acceptors (Lipinski definition) is 2. The molecule has 0 spiro atoms. The molecule has 2 aromatic rings. The molecule has 1 aromatic heterocycles. The zero-order valence-electron chi connectivity index (χ0n) is 7.97. The maximum absolute atomic E-state index is 11.4. The Kier molecular flexibility index (Phi) is 2.38. The second-order valence-electron chi connectivity index (χ2n) is 3.12. The minimum atomic E-state index is -0.185. The molecule has 4 nitrogen and oxygen atoms in total. The van der Waals surface area contributed by atoms with Crippen LogP contribution >= 0.6 is 0 Å². The summed E-state index contributed by atoms with van der Waals surface area (Å²) < 4.78 is 1.28. The Labute approximate surface area is 86.4 Å². The summed E-state index contributed by atoms with van der Waals surface area (Å²) in [5.41, 5.74) is 1.48. The van der Waals surface area contributed by atoms with Crippen molar-refractivity contribution in [1.29, 1.82) is 5.26 Å². The van der Waals surface area contributed by atoms with Crippen molar-refractivity contribution < 1.29 is 0 Å². The van der Waals surface area contributed by atoms with E-state index in [4.69, 9.17) is 5.26 Å². The first-order valence-corrected chi connectivity index (χ1v) is 4.53. The number of hydrogen-bond donors (Lipinski definition) is 1. The summed E-state index contributed by atoms with van der Waals surface area (Å²) in [5.74, 6) is 0. The zero-order chi connectivity index (χ0) is 10.7. The van der Waals surface area contributed by atoms with Crippen LogP contribution in [0.25, 0.3) is 11.3 Å². The minimum absolute atomic E-state index is 0.0473. The largest absolute Gasteiger partial charge is 0.294 e. The maximum atomic E-state index is 11.4. The third-order valence-electron chi connectivity index (χ3n) is 2.10. The van der Waals surface area contributed by atoms with Gasteiger partial charge in [0.25, 0.3) is 5.56 Å². The van der Waals surface area contributed by atoms with Crippen molar-refractivity contribution in [3.63, 3.8) is 0 Å². The van der Waals surface area contributed by atoms with E-state index in [0.29, 0.717) is 0 Å². The normalized spacial score (nSPS) is 9.80. The predicted molar refractivity (Wildman–Crippen MR) is 56.1 cm³/mol. The van der Waals surface area contributed by atoms with E-state index in [1.165, 1.54) is 10.7 Å². The Morgan fingerprint density at radius 3 is 2.73 bits per heavy atom. The quantitative estimate of drug-likeness (QED) is 0.793. The number of nitrogens with one attached hydrogen (secondary N) is 1. The summed E-state index contributed by atoms with van der Waals surface area (Å²) >= 11 is 0. The summed E-state index contributed by atoms with van der Waals surface area (Å²) in [6.45, 7) is 0.0473. The molecule has 0 saturated carbocycles. The first-order chi connectivity index (χ1) is 7.31. The van der Waals surface area contributed by atoms with Crippen molar-refractivity contribution in [1.82, 2.24) is 9.78 Å². The monoisotopic (exact) mass is 199 g/mol. The molecule has 0 aliphatic rings. The molecule has 0 bridgehead atoms. The number of nitrogens with zero attached hydrogens (tertiary/aromatic N) is 2. The van der Waals surface area contributed by atoms with Crippen LogP contribution in [0, 0.1) is 11.3 Å². The van der Waals surface area contributed by atoms with E-state index in [-0.39, 0.29) is 12.1 Å². The van der Waals surface area contributed by atoms with Crippen LogP contribution in [0.5, 0.6) is 0 Å². The predicted octanol–water partition coefficient (Wildman–Crippen LogP) is 1.37. The van der Waals surface area contributed by atoms with Crippen molar-refractivity contribution in [3.05, 3.63) is 46.8 Å². The molecule has 74 valence electrons. The summed E-state index contributed by atoms with van der Waals surface area (Å²) in [7, 11) is 0. The van der Waals surface area contributed by atoms with Crippen LogP contribution in [0.1, 0.15) is 0 Å². The SMILES string of the molecule is N#CCn1[nH]c(-c2ccccc2)cc1=O. The molecular weight excluding hydrogens is 190 g/mol. The highest BCUT2D eigenvalue weighted by molar-refractivity contribution is 5.57. The van der Waals surface area contributed by atoms with Gasteiger partial charge in [-0.3, -0.25) is 9.89 Å². The van der Waals surface area contributed by atoms with Gasteiger partial charge in [-0.05, 0) is 5.56 Å². The molecule has 0 atom stereocenters. The fourth-order valence-corrected chi connectivity index (χ4v) is 1.39. The lowest BCUT2D eigenvalue weighted by molar-refractivity contribution is 0.687. The fraction of sp³-hybridized carbons (Fsp3) is 0.0909. The van der Waals surface area contributed by atoms with Crippen LogP contribution in [0.2, 0.25) is 0 Å². The molecule has 1 aromatic carbocycles. The number of nitriles is 1. The highest BCUT2D eigenvalue weighted by atomic mass is 16.1. The number of benzene rings is 1. The Balaban J connectivity index is 2.44. The smallest absolute Gasteiger partial charge is 0.268 e. The standard InChI is InChI=1S/C11H9N3O/c12-6-7-14-11(15)8-10(13-14)9-4-2-1-3-5-9/h1-5,8,13H,7H2. The van der Waals surface area contributed by atoms with Gasteiger partial charge < -0.3 is 0 Å². The number of rotatable bonds is 2. The first-order valence-electron chi connectivity index (χ1n) is 4.53. The van der Waals surface area contributed by atoms with E-state index in [1.54, 1.807) is 0 Å². The second-order valence-corrected chi connectivity index (χ2v) is 3.12. The van der Waals surface area contributed by atoms with E-state index >= 15 is 0 Å². The van der Waals surface area contributed by atoms with E-state index in [1.807, 2.05) is 36.4 Å². The van der Waals surface area contributed by atoms with Gasteiger partial charge in [-0.25, -0.2) is 4.68 Å². The van der Waals surface area contributed by atoms with Gasteiger partial charge in [0.2, 0.25) is 0 Å². The number of H-pyrrole nitrogens is 1. The van der Waals surface area contributed by atoms with E-state index in [2.05, 4.69) is 5.10 Å². The van der Waals surface area contributed by atoms with Gasteiger partial charge in [0.1, 0.15) is 6.54 Å².